The van der Waals surface area contributed by atoms with Gasteiger partial charge in [0, 0.05) is 0 Å². The van der Waals surface area contributed by atoms with E-state index in [1.54, 1.807) is 0 Å². The number of ether oxygens (including phenoxy) is 1. The Balaban J connectivity index is 1.90. The van der Waals surface area contributed by atoms with Gasteiger partial charge in [0.2, 0.25) is 0 Å². The van der Waals surface area contributed by atoms with Crippen LogP contribution in [0.3, 0.4) is 0 Å². The van der Waals surface area contributed by atoms with E-state index in [1.807, 2.05) is 0 Å². The van der Waals surface area contributed by atoms with Crippen LogP contribution in [0.4, 0.5) is 4.39 Å². The van der Waals surface area contributed by atoms with E-state index in [1.165, 1.54) is 25.7 Å². The molecule has 134 valence electrons. The predicted molar refractivity (Wildman–Crippen MR) is 92.1 cm³/mol. The van der Waals surface area contributed by atoms with Crippen LogP contribution in [-0.4, -0.2) is 17.7 Å². The largest absolute Gasteiger partial charge is 0.457 e. The van der Waals surface area contributed by atoms with E-state index < -0.39 is 12.1 Å². The number of rotatable bonds is 8. The van der Waals surface area contributed by atoms with Gasteiger partial charge in [-0.25, -0.2) is 9.18 Å². The summed E-state index contributed by atoms with van der Waals surface area (Å²) in [6.45, 7) is 2.14. The van der Waals surface area contributed by atoms with Gasteiger partial charge in [0.1, 0.15) is 5.60 Å². The first-order valence-electron chi connectivity index (χ1n) is 10.0. The van der Waals surface area contributed by atoms with Crippen LogP contribution < -0.4 is 0 Å². The van der Waals surface area contributed by atoms with Crippen molar-refractivity contribution in [1.29, 1.82) is 0 Å². The zero-order valence-electron chi connectivity index (χ0n) is 15.0. The minimum absolute atomic E-state index is 0.333. The second kappa shape index (κ2) is 9.64. The Labute approximate surface area is 141 Å². The number of hydrogen-bond donors (Lipinski definition) is 0. The predicted octanol–water partition coefficient (Wildman–Crippen LogP) is 6.12. The zero-order chi connectivity index (χ0) is 16.5. The maximum atomic E-state index is 14.2. The van der Waals surface area contributed by atoms with E-state index >= 15 is 0 Å². The van der Waals surface area contributed by atoms with E-state index in [0.717, 1.165) is 64.2 Å². The molecule has 0 aromatic carbocycles. The molecule has 0 heterocycles. The minimum Gasteiger partial charge on any atom is -0.457 e. The molecule has 0 aromatic heterocycles. The molecule has 3 heteroatoms. The molecule has 0 spiro atoms. The molecule has 0 bridgehead atoms. The summed E-state index contributed by atoms with van der Waals surface area (Å²) < 4.78 is 20.2. The molecule has 2 saturated carbocycles. The van der Waals surface area contributed by atoms with Crippen LogP contribution >= 0.6 is 0 Å². The fourth-order valence-corrected chi connectivity index (χ4v) is 4.51. The normalized spacial score (nSPS) is 23.4. The number of carbonyl (C=O) groups is 1. The molecule has 0 saturated heterocycles. The second-order valence-corrected chi connectivity index (χ2v) is 7.70. The highest BCUT2D eigenvalue weighted by atomic mass is 19.1. The highest BCUT2D eigenvalue weighted by Gasteiger charge is 2.44. The lowest BCUT2D eigenvalue weighted by Gasteiger charge is -2.44. The Morgan fingerprint density at radius 3 is 2.35 bits per heavy atom. The number of esters is 1. The van der Waals surface area contributed by atoms with Crippen LogP contribution in [-0.2, 0) is 9.53 Å². The van der Waals surface area contributed by atoms with E-state index in [9.17, 15) is 9.18 Å². The van der Waals surface area contributed by atoms with Gasteiger partial charge in [-0.15, -0.1) is 0 Å². The average molecular weight is 326 g/mol. The standard InChI is InChI=1S/C20H35FO2/c1-2-3-4-9-14-18(21)19(22)23-20(15-10-6-11-16-20)17-12-7-5-8-13-17/h17-18H,2-16H2,1H3/t18-/m0/s1. The summed E-state index contributed by atoms with van der Waals surface area (Å²) in [5, 5.41) is 0. The van der Waals surface area contributed by atoms with Gasteiger partial charge in [0.05, 0.1) is 0 Å². The van der Waals surface area contributed by atoms with Crippen molar-refractivity contribution < 1.29 is 13.9 Å². The van der Waals surface area contributed by atoms with Gasteiger partial charge in [-0.2, -0.15) is 0 Å². The lowest BCUT2D eigenvalue weighted by Crippen LogP contribution is -2.46. The maximum absolute atomic E-state index is 14.2. The van der Waals surface area contributed by atoms with Crippen LogP contribution in [0.5, 0.6) is 0 Å². The summed E-state index contributed by atoms with van der Waals surface area (Å²) in [6, 6.07) is 0. The molecule has 0 radical (unpaired) electrons. The molecule has 2 fully saturated rings. The first-order valence-corrected chi connectivity index (χ1v) is 10.0. The summed E-state index contributed by atoms with van der Waals surface area (Å²) in [4.78, 5) is 12.3. The van der Waals surface area contributed by atoms with Crippen LogP contribution in [0, 0.1) is 5.92 Å². The van der Waals surface area contributed by atoms with Crippen molar-refractivity contribution in [3.05, 3.63) is 0 Å². The van der Waals surface area contributed by atoms with Crippen molar-refractivity contribution in [2.24, 2.45) is 5.92 Å². The Bertz CT molecular complexity index is 344. The Morgan fingerprint density at radius 2 is 1.70 bits per heavy atom. The quantitative estimate of drug-likeness (QED) is 0.396. The van der Waals surface area contributed by atoms with E-state index in [-0.39, 0.29) is 5.60 Å². The van der Waals surface area contributed by atoms with Gasteiger partial charge in [0.25, 0.3) is 0 Å². The SMILES string of the molecule is CCCCCC[C@H](F)C(=O)OC1(C2CCCCC2)CCCCC1. The smallest absolute Gasteiger partial charge is 0.341 e. The third-order valence-corrected chi connectivity index (χ3v) is 5.92. The van der Waals surface area contributed by atoms with Gasteiger partial charge in [0.15, 0.2) is 6.17 Å². The second-order valence-electron chi connectivity index (χ2n) is 7.70. The summed E-state index contributed by atoms with van der Waals surface area (Å²) in [5.41, 5.74) is -0.344. The van der Waals surface area contributed by atoms with E-state index in [4.69, 9.17) is 4.74 Å². The zero-order valence-corrected chi connectivity index (χ0v) is 15.0. The third kappa shape index (κ3) is 5.46. The minimum atomic E-state index is -1.42. The molecular formula is C20H35FO2. The lowest BCUT2D eigenvalue weighted by molar-refractivity contribution is -0.179. The van der Waals surface area contributed by atoms with Crippen LogP contribution in [0.15, 0.2) is 0 Å². The van der Waals surface area contributed by atoms with Crippen molar-refractivity contribution in [3.63, 3.8) is 0 Å². The summed E-state index contributed by atoms with van der Waals surface area (Å²) in [5.74, 6) is -0.109. The van der Waals surface area contributed by atoms with Crippen LogP contribution in [0.2, 0.25) is 0 Å². The Kier molecular flexibility index (Phi) is 7.85. The molecule has 2 aliphatic rings. The molecule has 0 amide bonds. The monoisotopic (exact) mass is 326 g/mol. The van der Waals surface area contributed by atoms with Gasteiger partial charge in [-0.1, -0.05) is 51.9 Å². The maximum Gasteiger partial charge on any atom is 0.341 e. The molecule has 2 rings (SSSR count). The first-order chi connectivity index (χ1) is 11.2. The van der Waals surface area contributed by atoms with Gasteiger partial charge in [-0.3, -0.25) is 0 Å². The molecular weight excluding hydrogens is 291 g/mol. The van der Waals surface area contributed by atoms with Crippen molar-refractivity contribution in [3.8, 4) is 0 Å². The number of carbonyl (C=O) groups excluding carboxylic acids is 1. The van der Waals surface area contributed by atoms with Crippen LogP contribution in [0.25, 0.3) is 0 Å². The topological polar surface area (TPSA) is 26.3 Å². The molecule has 0 unspecified atom stereocenters. The molecule has 23 heavy (non-hydrogen) atoms. The number of halogens is 1. The fraction of sp³-hybridized carbons (Fsp3) is 0.950. The average Bonchev–Trinajstić information content (AvgIpc) is 2.60. The third-order valence-electron chi connectivity index (χ3n) is 5.92. The van der Waals surface area contributed by atoms with Crippen LogP contribution in [0.1, 0.15) is 103 Å². The van der Waals surface area contributed by atoms with E-state index in [2.05, 4.69) is 6.92 Å². The molecule has 2 nitrogen and oxygen atoms in total. The highest BCUT2D eigenvalue weighted by Crippen LogP contribution is 2.44. The number of hydrogen-bond acceptors (Lipinski definition) is 2. The molecule has 0 aliphatic heterocycles. The van der Waals surface area contributed by atoms with Gasteiger partial charge in [-0.05, 0) is 57.3 Å². The van der Waals surface area contributed by atoms with Crippen molar-refractivity contribution in [1.82, 2.24) is 0 Å². The van der Waals surface area contributed by atoms with Gasteiger partial charge >= 0.3 is 5.97 Å². The van der Waals surface area contributed by atoms with Crippen molar-refractivity contribution in [2.75, 3.05) is 0 Å². The Morgan fingerprint density at radius 1 is 1.04 bits per heavy atom. The van der Waals surface area contributed by atoms with Crippen molar-refractivity contribution >= 4 is 5.97 Å². The fourth-order valence-electron chi connectivity index (χ4n) is 4.51. The Hall–Kier alpha value is -0.600. The molecule has 0 N–H and O–H groups in total. The number of alkyl halides is 1. The van der Waals surface area contributed by atoms with Gasteiger partial charge < -0.3 is 4.74 Å². The lowest BCUT2D eigenvalue weighted by atomic mass is 9.69. The summed E-state index contributed by atoms with van der Waals surface area (Å²) >= 11 is 0. The molecule has 1 atom stereocenters. The molecule has 2 aliphatic carbocycles. The van der Waals surface area contributed by atoms with Crippen molar-refractivity contribution in [2.45, 2.75) is 115 Å². The number of unbranched alkanes of at least 4 members (excludes halogenated alkanes) is 3. The first kappa shape index (κ1) is 18.7. The molecule has 0 aromatic rings. The summed E-state index contributed by atoms with van der Waals surface area (Å²) in [6.07, 6.45) is 14.4. The summed E-state index contributed by atoms with van der Waals surface area (Å²) in [7, 11) is 0. The van der Waals surface area contributed by atoms with E-state index in [0.29, 0.717) is 12.3 Å². The highest BCUT2D eigenvalue weighted by molar-refractivity contribution is 5.75.